The molecule has 0 aromatic carbocycles. The maximum Gasteiger partial charge on any atom is 0.244 e. The van der Waals surface area contributed by atoms with Gasteiger partial charge in [-0.15, -0.1) is 6.58 Å². The van der Waals surface area contributed by atoms with Crippen LogP contribution in [0.2, 0.25) is 0 Å². The molecule has 5 nitrogen and oxygen atoms in total. The van der Waals surface area contributed by atoms with E-state index in [1.54, 1.807) is 25.4 Å². The molecule has 20 heavy (non-hydrogen) atoms. The van der Waals surface area contributed by atoms with Gasteiger partial charge in [0.05, 0.1) is 0 Å². The van der Waals surface area contributed by atoms with E-state index in [2.05, 4.69) is 16.5 Å². The second-order valence-corrected chi connectivity index (χ2v) is 7.21. The highest BCUT2D eigenvalue weighted by atomic mass is 32.2. The average molecular weight is 297 g/mol. The summed E-state index contributed by atoms with van der Waals surface area (Å²) in [6.07, 6.45) is 5.64. The number of nitrogens with one attached hydrogen (secondary N) is 1. The number of hydrogen-bond acceptors (Lipinski definition) is 3. The summed E-state index contributed by atoms with van der Waals surface area (Å²) in [5, 5.41) is 3.26. The molecule has 0 aliphatic heterocycles. The molecule has 0 spiro atoms. The number of sulfonamides is 1. The molecule has 112 valence electrons. The summed E-state index contributed by atoms with van der Waals surface area (Å²) >= 11 is 0. The largest absolute Gasteiger partial charge is 0.346 e. The van der Waals surface area contributed by atoms with E-state index in [0.29, 0.717) is 24.0 Å². The van der Waals surface area contributed by atoms with Gasteiger partial charge in [-0.2, -0.15) is 4.31 Å². The number of nitrogens with zero attached hydrogens (tertiary/aromatic N) is 2. The molecule has 1 heterocycles. The van der Waals surface area contributed by atoms with Crippen molar-refractivity contribution in [2.45, 2.75) is 37.2 Å². The average Bonchev–Trinajstić information content (AvgIpc) is 3.16. The smallest absolute Gasteiger partial charge is 0.244 e. The fraction of sp³-hybridized carbons (Fsp3) is 0.571. The predicted molar refractivity (Wildman–Crippen MR) is 80.1 cm³/mol. The van der Waals surface area contributed by atoms with Gasteiger partial charge in [0.15, 0.2) is 0 Å². The molecule has 0 unspecified atom stereocenters. The molecule has 1 aromatic heterocycles. The van der Waals surface area contributed by atoms with Gasteiger partial charge in [-0.1, -0.05) is 13.0 Å². The Kier molecular flexibility index (Phi) is 4.67. The van der Waals surface area contributed by atoms with Gasteiger partial charge in [-0.3, -0.25) is 0 Å². The van der Waals surface area contributed by atoms with Crippen molar-refractivity contribution < 1.29 is 8.42 Å². The van der Waals surface area contributed by atoms with Crippen molar-refractivity contribution in [2.75, 3.05) is 20.1 Å². The van der Waals surface area contributed by atoms with Crippen LogP contribution in [0.1, 0.15) is 31.5 Å². The Morgan fingerprint density at radius 1 is 1.55 bits per heavy atom. The Bertz CT molecular complexity index is 573. The van der Waals surface area contributed by atoms with Crippen molar-refractivity contribution in [1.29, 1.82) is 0 Å². The summed E-state index contributed by atoms with van der Waals surface area (Å²) in [6, 6.07) is 2.26. The number of aromatic nitrogens is 1. The molecule has 1 aliphatic carbocycles. The summed E-state index contributed by atoms with van der Waals surface area (Å²) in [5.74, 6) is 0. The van der Waals surface area contributed by atoms with E-state index in [-0.39, 0.29) is 0 Å². The molecule has 1 N–H and O–H groups in total. The van der Waals surface area contributed by atoms with E-state index in [1.165, 1.54) is 4.31 Å². The molecule has 0 atom stereocenters. The molecule has 0 amide bonds. The SMILES string of the molecule is C=CCN(C)S(=O)(=O)c1cc(CNCC)n(C2CC2)c1. The summed E-state index contributed by atoms with van der Waals surface area (Å²) in [6.45, 7) is 7.52. The first-order valence-corrected chi connectivity index (χ1v) is 8.43. The van der Waals surface area contributed by atoms with Crippen molar-refractivity contribution >= 4 is 10.0 Å². The lowest BCUT2D eigenvalue weighted by Gasteiger charge is -2.13. The molecule has 1 fully saturated rings. The molecule has 0 radical (unpaired) electrons. The van der Waals surface area contributed by atoms with Crippen molar-refractivity contribution in [1.82, 2.24) is 14.2 Å². The minimum atomic E-state index is -3.42. The maximum atomic E-state index is 12.4. The van der Waals surface area contributed by atoms with Crippen LogP contribution in [-0.4, -0.2) is 37.4 Å². The van der Waals surface area contributed by atoms with Crippen LogP contribution < -0.4 is 5.32 Å². The van der Waals surface area contributed by atoms with E-state index in [9.17, 15) is 8.42 Å². The fourth-order valence-electron chi connectivity index (χ4n) is 2.18. The van der Waals surface area contributed by atoms with Crippen molar-refractivity contribution in [3.8, 4) is 0 Å². The molecular weight excluding hydrogens is 274 g/mol. The van der Waals surface area contributed by atoms with Crippen LogP contribution in [-0.2, 0) is 16.6 Å². The number of hydrogen-bond donors (Lipinski definition) is 1. The Morgan fingerprint density at radius 3 is 2.80 bits per heavy atom. The van der Waals surface area contributed by atoms with E-state index in [4.69, 9.17) is 0 Å². The maximum absolute atomic E-state index is 12.4. The molecule has 6 heteroatoms. The first-order valence-electron chi connectivity index (χ1n) is 6.99. The third-order valence-electron chi connectivity index (χ3n) is 3.50. The zero-order chi connectivity index (χ0) is 14.8. The van der Waals surface area contributed by atoms with Gasteiger partial charge in [0.2, 0.25) is 10.0 Å². The first-order chi connectivity index (χ1) is 9.50. The highest BCUT2D eigenvalue weighted by Gasteiger charge is 2.29. The highest BCUT2D eigenvalue weighted by Crippen LogP contribution is 2.37. The molecule has 1 saturated carbocycles. The number of rotatable bonds is 8. The second kappa shape index (κ2) is 6.11. The van der Waals surface area contributed by atoms with E-state index < -0.39 is 10.0 Å². The lowest BCUT2D eigenvalue weighted by molar-refractivity contribution is 0.499. The zero-order valence-electron chi connectivity index (χ0n) is 12.2. The van der Waals surface area contributed by atoms with E-state index >= 15 is 0 Å². The van der Waals surface area contributed by atoms with Crippen LogP contribution in [0.5, 0.6) is 0 Å². The number of likely N-dealkylation sites (N-methyl/N-ethyl adjacent to an activating group) is 1. The minimum absolute atomic E-state index is 0.319. The molecule has 1 aliphatic rings. The molecule has 1 aromatic rings. The third-order valence-corrected chi connectivity index (χ3v) is 5.29. The Morgan fingerprint density at radius 2 is 2.25 bits per heavy atom. The monoisotopic (exact) mass is 297 g/mol. The normalized spacial score (nSPS) is 15.8. The van der Waals surface area contributed by atoms with Gasteiger partial charge < -0.3 is 9.88 Å². The van der Waals surface area contributed by atoms with Crippen LogP contribution >= 0.6 is 0 Å². The van der Waals surface area contributed by atoms with Crippen LogP contribution in [0.15, 0.2) is 29.8 Å². The van der Waals surface area contributed by atoms with Gasteiger partial charge in [0, 0.05) is 38.1 Å². The topological polar surface area (TPSA) is 54.3 Å². The lowest BCUT2D eigenvalue weighted by atomic mass is 10.4. The summed E-state index contributed by atoms with van der Waals surface area (Å²) in [7, 11) is -1.84. The Labute approximate surface area is 121 Å². The van der Waals surface area contributed by atoms with Crippen LogP contribution in [0.3, 0.4) is 0 Å². The fourth-order valence-corrected chi connectivity index (χ4v) is 3.38. The summed E-state index contributed by atoms with van der Waals surface area (Å²) in [5.41, 5.74) is 1.04. The molecule has 2 rings (SSSR count). The van der Waals surface area contributed by atoms with Gasteiger partial charge >= 0.3 is 0 Å². The quantitative estimate of drug-likeness (QED) is 0.744. The Hall–Kier alpha value is -1.11. The standard InChI is InChI=1S/C14H23N3O2S/c1-4-8-16(3)20(18,19)14-9-13(10-15-5-2)17(11-14)12-6-7-12/h4,9,11-12,15H,1,5-8,10H2,2-3H3. The van der Waals surface area contributed by atoms with Crippen LogP contribution in [0, 0.1) is 0 Å². The molecule has 0 saturated heterocycles. The van der Waals surface area contributed by atoms with Crippen molar-refractivity contribution in [3.63, 3.8) is 0 Å². The van der Waals surface area contributed by atoms with Crippen LogP contribution in [0.25, 0.3) is 0 Å². The van der Waals surface area contributed by atoms with E-state index in [0.717, 1.165) is 25.1 Å². The van der Waals surface area contributed by atoms with Crippen LogP contribution in [0.4, 0.5) is 0 Å². The summed E-state index contributed by atoms with van der Waals surface area (Å²) < 4.78 is 28.3. The van der Waals surface area contributed by atoms with Crippen molar-refractivity contribution in [3.05, 3.63) is 30.6 Å². The minimum Gasteiger partial charge on any atom is -0.346 e. The first kappa shape index (κ1) is 15.3. The van der Waals surface area contributed by atoms with Gasteiger partial charge in [0.1, 0.15) is 4.90 Å². The summed E-state index contributed by atoms with van der Waals surface area (Å²) in [4.78, 5) is 0.377. The van der Waals surface area contributed by atoms with Gasteiger partial charge in [-0.25, -0.2) is 8.42 Å². The highest BCUT2D eigenvalue weighted by molar-refractivity contribution is 7.89. The van der Waals surface area contributed by atoms with E-state index in [1.807, 2.05) is 6.92 Å². The van der Waals surface area contributed by atoms with Gasteiger partial charge in [0.25, 0.3) is 0 Å². The zero-order valence-corrected chi connectivity index (χ0v) is 13.0. The third kappa shape index (κ3) is 3.13. The predicted octanol–water partition coefficient (Wildman–Crippen LogP) is 1.74. The van der Waals surface area contributed by atoms with Gasteiger partial charge in [-0.05, 0) is 25.5 Å². The van der Waals surface area contributed by atoms with Crippen molar-refractivity contribution in [2.24, 2.45) is 0 Å². The Balaban J connectivity index is 2.30. The molecule has 0 bridgehead atoms. The second-order valence-electron chi connectivity index (χ2n) is 5.16. The lowest BCUT2D eigenvalue weighted by Crippen LogP contribution is -2.26. The molecular formula is C14H23N3O2S.